The predicted molar refractivity (Wildman–Crippen MR) is 193 cm³/mol. The van der Waals surface area contributed by atoms with Crippen LogP contribution in [0.4, 0.5) is 5.69 Å². The number of nitrogens with two attached hydrogens (primary N) is 1. The second kappa shape index (κ2) is 11.9. The molecule has 5 aromatic rings. The Balaban J connectivity index is 1.43. The molecular formula is C41H42NPS. The highest BCUT2D eigenvalue weighted by atomic mass is 32.2. The number of anilines is 1. The molecule has 1 spiro atoms. The standard InChI is InChI=1S/C41H42NPS/c1-27-12-8-13-28(2)39(27)43(40-29(3)14-9-15-30(40)4)36(44-34-19-6-5-7-20-34)26-33-18-10-16-31-22-24-41(37(31)33)25-23-32-17-11-21-35(42)38(32)41/h5-21,36H,22-26,42H2,1-4H3/t36?,41-/m1/s1. The van der Waals surface area contributed by atoms with Crippen LogP contribution in [0.3, 0.4) is 0 Å². The van der Waals surface area contributed by atoms with Gasteiger partial charge in [0.15, 0.2) is 0 Å². The van der Waals surface area contributed by atoms with Crippen LogP contribution in [0.25, 0.3) is 0 Å². The van der Waals surface area contributed by atoms with Crippen molar-refractivity contribution in [2.75, 3.05) is 5.73 Å². The SMILES string of the molecule is Cc1cccc(C)c1P(c1c(C)cccc1C)C(Cc1cccc2c1[C@]1(CCc3cccc(N)c31)CC2)Sc1ccccc1. The monoisotopic (exact) mass is 611 g/mol. The number of fused-ring (bicyclic) bond motifs is 4. The van der Waals surface area contributed by atoms with Gasteiger partial charge in [0.05, 0.1) is 0 Å². The van der Waals surface area contributed by atoms with E-state index < -0.39 is 7.92 Å². The zero-order valence-electron chi connectivity index (χ0n) is 26.4. The average Bonchev–Trinajstić information content (AvgIpc) is 3.59. The number of hydrogen-bond acceptors (Lipinski definition) is 2. The summed E-state index contributed by atoms with van der Waals surface area (Å²) in [5.74, 6) is 0. The Morgan fingerprint density at radius 3 is 1.75 bits per heavy atom. The molecule has 2 aliphatic carbocycles. The molecule has 0 saturated heterocycles. The molecule has 0 bridgehead atoms. The van der Waals surface area contributed by atoms with Gasteiger partial charge in [-0.15, -0.1) is 11.8 Å². The highest BCUT2D eigenvalue weighted by Crippen LogP contribution is 2.57. The molecule has 44 heavy (non-hydrogen) atoms. The highest BCUT2D eigenvalue weighted by molar-refractivity contribution is 8.07. The van der Waals surface area contributed by atoms with E-state index in [-0.39, 0.29) is 5.41 Å². The van der Waals surface area contributed by atoms with Crippen molar-refractivity contribution in [3.05, 3.63) is 153 Å². The molecule has 2 aliphatic rings. The zero-order valence-corrected chi connectivity index (χ0v) is 28.1. The first-order chi connectivity index (χ1) is 21.4. The van der Waals surface area contributed by atoms with Crippen molar-refractivity contribution in [3.63, 3.8) is 0 Å². The van der Waals surface area contributed by atoms with Gasteiger partial charge in [-0.3, -0.25) is 0 Å². The first kappa shape index (κ1) is 29.4. The minimum absolute atomic E-state index is 0.0362. The molecule has 0 fully saturated rings. The highest BCUT2D eigenvalue weighted by Gasteiger charge is 2.47. The second-order valence-electron chi connectivity index (χ2n) is 12.9. The largest absolute Gasteiger partial charge is 0.398 e. The second-order valence-corrected chi connectivity index (χ2v) is 16.7. The van der Waals surface area contributed by atoms with Gasteiger partial charge in [-0.05, 0) is 147 Å². The summed E-state index contributed by atoms with van der Waals surface area (Å²) >= 11 is 2.09. The van der Waals surface area contributed by atoms with Crippen molar-refractivity contribution in [2.45, 2.75) is 75.1 Å². The molecule has 5 aromatic carbocycles. The summed E-state index contributed by atoms with van der Waals surface area (Å²) in [6.07, 6.45) is 5.61. The fourth-order valence-corrected chi connectivity index (χ4v) is 13.6. The molecule has 1 nitrogen and oxygen atoms in total. The molecule has 0 saturated carbocycles. The molecule has 0 radical (unpaired) electrons. The Morgan fingerprint density at radius 1 is 0.636 bits per heavy atom. The molecular weight excluding hydrogens is 569 g/mol. The van der Waals surface area contributed by atoms with Crippen LogP contribution in [0.2, 0.25) is 0 Å². The Morgan fingerprint density at radius 2 is 1.16 bits per heavy atom. The normalized spacial score (nSPS) is 17.7. The van der Waals surface area contributed by atoms with Gasteiger partial charge >= 0.3 is 0 Å². The lowest BCUT2D eigenvalue weighted by molar-refractivity contribution is 0.505. The minimum atomic E-state index is -0.696. The van der Waals surface area contributed by atoms with Crippen LogP contribution in [0.1, 0.15) is 62.9 Å². The van der Waals surface area contributed by atoms with Gasteiger partial charge in [-0.25, -0.2) is 0 Å². The van der Waals surface area contributed by atoms with Crippen LogP contribution in [-0.4, -0.2) is 4.99 Å². The number of rotatable bonds is 7. The summed E-state index contributed by atoms with van der Waals surface area (Å²) in [6, 6.07) is 38.6. The van der Waals surface area contributed by atoms with Crippen molar-refractivity contribution >= 4 is 36.0 Å². The lowest BCUT2D eigenvalue weighted by atomic mass is 9.74. The number of aryl methyl sites for hydroxylation is 6. The molecule has 0 amide bonds. The molecule has 7 rings (SSSR count). The Hall–Kier alpha value is -3.32. The van der Waals surface area contributed by atoms with Crippen LogP contribution in [0, 0.1) is 27.7 Å². The molecule has 3 heteroatoms. The maximum atomic E-state index is 6.80. The van der Waals surface area contributed by atoms with E-state index in [1.54, 1.807) is 16.2 Å². The van der Waals surface area contributed by atoms with Crippen molar-refractivity contribution in [2.24, 2.45) is 0 Å². The quantitative estimate of drug-likeness (QED) is 0.113. The van der Waals surface area contributed by atoms with Gasteiger partial charge in [0.2, 0.25) is 0 Å². The fraction of sp³-hybridized carbons (Fsp3) is 0.268. The molecule has 222 valence electrons. The van der Waals surface area contributed by atoms with Crippen LogP contribution in [0.5, 0.6) is 0 Å². The van der Waals surface area contributed by atoms with E-state index >= 15 is 0 Å². The van der Waals surface area contributed by atoms with E-state index in [2.05, 4.69) is 143 Å². The summed E-state index contributed by atoms with van der Waals surface area (Å²) in [7, 11) is -0.696. The van der Waals surface area contributed by atoms with E-state index in [0.717, 1.165) is 24.9 Å². The summed E-state index contributed by atoms with van der Waals surface area (Å²) in [6.45, 7) is 9.29. The Bertz CT molecular complexity index is 1750. The summed E-state index contributed by atoms with van der Waals surface area (Å²) in [4.78, 5) is 1.71. The lowest BCUT2D eigenvalue weighted by Gasteiger charge is -2.35. The van der Waals surface area contributed by atoms with E-state index in [4.69, 9.17) is 5.73 Å². The summed E-state index contributed by atoms with van der Waals surface area (Å²) in [5.41, 5.74) is 21.0. The van der Waals surface area contributed by atoms with E-state index in [9.17, 15) is 0 Å². The van der Waals surface area contributed by atoms with Crippen molar-refractivity contribution in [3.8, 4) is 0 Å². The fourth-order valence-electron chi connectivity index (χ4n) is 8.31. The Labute approximate surface area is 269 Å². The van der Waals surface area contributed by atoms with E-state index in [0.29, 0.717) is 4.99 Å². The predicted octanol–water partition coefficient (Wildman–Crippen LogP) is 9.47. The van der Waals surface area contributed by atoms with Crippen LogP contribution in [0.15, 0.2) is 108 Å². The molecule has 0 aliphatic heterocycles. The van der Waals surface area contributed by atoms with Crippen molar-refractivity contribution in [1.29, 1.82) is 0 Å². The molecule has 0 aromatic heterocycles. The van der Waals surface area contributed by atoms with Crippen molar-refractivity contribution < 1.29 is 0 Å². The maximum absolute atomic E-state index is 6.80. The first-order valence-corrected chi connectivity index (χ1v) is 18.3. The van der Waals surface area contributed by atoms with Crippen molar-refractivity contribution in [1.82, 2.24) is 0 Å². The first-order valence-electron chi connectivity index (χ1n) is 16.0. The van der Waals surface area contributed by atoms with Crippen LogP contribution in [-0.2, 0) is 24.7 Å². The third-order valence-corrected chi connectivity index (χ3v) is 15.1. The number of nitrogen functional groups attached to an aromatic ring is 1. The van der Waals surface area contributed by atoms with Gasteiger partial charge < -0.3 is 5.73 Å². The molecule has 0 heterocycles. The number of hydrogen-bond donors (Lipinski definition) is 1. The van der Waals surface area contributed by atoms with E-state index in [1.807, 2.05) is 0 Å². The lowest BCUT2D eigenvalue weighted by Crippen LogP contribution is -2.29. The number of benzene rings is 5. The van der Waals surface area contributed by atoms with Gasteiger partial charge in [0.1, 0.15) is 0 Å². The summed E-state index contributed by atoms with van der Waals surface area (Å²) < 4.78 is 0. The molecule has 2 N–H and O–H groups in total. The molecule has 2 atom stereocenters. The van der Waals surface area contributed by atoms with Gasteiger partial charge in [-0.2, -0.15) is 0 Å². The van der Waals surface area contributed by atoms with Gasteiger partial charge in [0, 0.05) is 21.0 Å². The molecule has 1 unspecified atom stereocenters. The average molecular weight is 612 g/mol. The zero-order chi connectivity index (χ0) is 30.4. The minimum Gasteiger partial charge on any atom is -0.398 e. The topological polar surface area (TPSA) is 26.0 Å². The van der Waals surface area contributed by atoms with E-state index in [1.165, 1.54) is 62.2 Å². The third-order valence-electron chi connectivity index (χ3n) is 10.1. The van der Waals surface area contributed by atoms with Gasteiger partial charge in [-0.1, -0.05) is 84.9 Å². The summed E-state index contributed by atoms with van der Waals surface area (Å²) in [5, 5.41) is 3.09. The van der Waals surface area contributed by atoms with Gasteiger partial charge in [0.25, 0.3) is 0 Å². The smallest absolute Gasteiger partial charge is 0.0417 e. The maximum Gasteiger partial charge on any atom is 0.0417 e. The van der Waals surface area contributed by atoms with Crippen LogP contribution < -0.4 is 16.3 Å². The Kier molecular flexibility index (Phi) is 7.94. The number of thioether (sulfide) groups is 1. The van der Waals surface area contributed by atoms with Crippen LogP contribution >= 0.6 is 19.7 Å². The third kappa shape index (κ3) is 5.01.